The predicted molar refractivity (Wildman–Crippen MR) is 58.7 cm³/mol. The van der Waals surface area contributed by atoms with Crippen LogP contribution in [0.15, 0.2) is 12.1 Å². The van der Waals surface area contributed by atoms with E-state index in [2.05, 4.69) is 0 Å². The fourth-order valence-electron chi connectivity index (χ4n) is 1.43. The Morgan fingerprint density at radius 3 is 2.65 bits per heavy atom. The Morgan fingerprint density at radius 1 is 1.59 bits per heavy atom. The number of carboxylic acid groups (broad SMARTS) is 1. The van der Waals surface area contributed by atoms with E-state index in [1.165, 1.54) is 6.07 Å². The summed E-state index contributed by atoms with van der Waals surface area (Å²) in [4.78, 5) is 20.6. The van der Waals surface area contributed by atoms with Crippen molar-refractivity contribution >= 4 is 23.3 Å². The SMILES string of the molecule is N#Cc1c([N+](=O)[O-])ccc(CCl)c1CC(=O)O. The van der Waals surface area contributed by atoms with E-state index in [0.29, 0.717) is 5.56 Å². The fraction of sp³-hybridized carbons (Fsp3) is 0.200. The molecule has 0 atom stereocenters. The molecular weight excluding hydrogens is 248 g/mol. The number of hydrogen-bond donors (Lipinski definition) is 1. The Labute approximate surface area is 101 Å². The molecule has 0 bridgehead atoms. The van der Waals surface area contributed by atoms with Crippen LogP contribution in [0.25, 0.3) is 0 Å². The van der Waals surface area contributed by atoms with E-state index < -0.39 is 23.0 Å². The molecule has 0 unspecified atom stereocenters. The number of nitriles is 1. The largest absolute Gasteiger partial charge is 0.481 e. The summed E-state index contributed by atoms with van der Waals surface area (Å²) in [6, 6.07) is 4.18. The second kappa shape index (κ2) is 5.27. The van der Waals surface area contributed by atoms with E-state index in [9.17, 15) is 14.9 Å². The molecule has 0 fully saturated rings. The van der Waals surface area contributed by atoms with Gasteiger partial charge in [-0.25, -0.2) is 0 Å². The molecule has 1 aromatic carbocycles. The molecule has 0 spiro atoms. The van der Waals surface area contributed by atoms with E-state index in [4.69, 9.17) is 22.0 Å². The summed E-state index contributed by atoms with van der Waals surface area (Å²) in [5.74, 6) is -1.18. The van der Waals surface area contributed by atoms with Crippen LogP contribution in [0.1, 0.15) is 16.7 Å². The number of alkyl halides is 1. The third-order valence-electron chi connectivity index (χ3n) is 2.17. The first-order valence-corrected chi connectivity index (χ1v) is 5.01. The number of carboxylic acids is 1. The average Bonchev–Trinajstić information content (AvgIpc) is 2.27. The van der Waals surface area contributed by atoms with Crippen LogP contribution in [0.3, 0.4) is 0 Å². The number of nitro groups is 1. The fourth-order valence-corrected chi connectivity index (χ4v) is 1.68. The summed E-state index contributed by atoms with van der Waals surface area (Å²) in [6.45, 7) is 0. The molecule has 0 saturated heterocycles. The molecule has 0 radical (unpaired) electrons. The molecule has 0 amide bonds. The third kappa shape index (κ3) is 2.71. The molecule has 7 heteroatoms. The number of carbonyl (C=O) groups is 1. The van der Waals surface area contributed by atoms with Gasteiger partial charge in [0.25, 0.3) is 5.69 Å². The Kier molecular flexibility index (Phi) is 4.01. The second-order valence-corrected chi connectivity index (χ2v) is 3.44. The predicted octanol–water partition coefficient (Wildman–Crippen LogP) is 1.83. The normalized spacial score (nSPS) is 9.65. The molecule has 88 valence electrons. The molecule has 0 aliphatic rings. The van der Waals surface area contributed by atoms with Crippen molar-refractivity contribution < 1.29 is 14.8 Å². The van der Waals surface area contributed by atoms with Crippen molar-refractivity contribution in [1.82, 2.24) is 0 Å². The van der Waals surface area contributed by atoms with E-state index in [0.717, 1.165) is 6.07 Å². The highest BCUT2D eigenvalue weighted by Gasteiger charge is 2.21. The van der Waals surface area contributed by atoms with Gasteiger partial charge < -0.3 is 5.11 Å². The van der Waals surface area contributed by atoms with Crippen LogP contribution in [-0.4, -0.2) is 16.0 Å². The lowest BCUT2D eigenvalue weighted by atomic mass is 9.98. The van der Waals surface area contributed by atoms with Crippen LogP contribution in [0.2, 0.25) is 0 Å². The van der Waals surface area contributed by atoms with Crippen LogP contribution in [0, 0.1) is 21.4 Å². The summed E-state index contributed by atoms with van der Waals surface area (Å²) in [5.41, 5.74) is -0.131. The zero-order valence-corrected chi connectivity index (χ0v) is 9.27. The van der Waals surface area contributed by atoms with Crippen LogP contribution >= 0.6 is 11.6 Å². The van der Waals surface area contributed by atoms with E-state index in [1.54, 1.807) is 6.07 Å². The Balaban J connectivity index is 3.49. The van der Waals surface area contributed by atoms with Gasteiger partial charge in [-0.2, -0.15) is 5.26 Å². The summed E-state index contributed by atoms with van der Waals surface area (Å²) in [5, 5.41) is 28.3. The molecule has 1 N–H and O–H groups in total. The van der Waals surface area contributed by atoms with Gasteiger partial charge in [-0.05, 0) is 11.1 Å². The minimum Gasteiger partial charge on any atom is -0.481 e. The zero-order chi connectivity index (χ0) is 13.0. The quantitative estimate of drug-likeness (QED) is 0.501. The molecule has 0 heterocycles. The molecular formula is C10H7ClN2O4. The van der Waals surface area contributed by atoms with Crippen molar-refractivity contribution in [3.8, 4) is 6.07 Å². The molecule has 1 aromatic rings. The van der Waals surface area contributed by atoms with Crippen molar-refractivity contribution in [1.29, 1.82) is 5.26 Å². The van der Waals surface area contributed by atoms with E-state index in [-0.39, 0.29) is 17.0 Å². The van der Waals surface area contributed by atoms with Gasteiger partial charge in [0.15, 0.2) is 0 Å². The lowest BCUT2D eigenvalue weighted by molar-refractivity contribution is -0.385. The Bertz CT molecular complexity index is 522. The van der Waals surface area contributed by atoms with Crippen molar-refractivity contribution in [2.75, 3.05) is 0 Å². The third-order valence-corrected chi connectivity index (χ3v) is 2.46. The summed E-state index contributed by atoms with van der Waals surface area (Å²) in [6.07, 6.45) is -0.466. The molecule has 0 aliphatic heterocycles. The highest BCUT2D eigenvalue weighted by molar-refractivity contribution is 6.17. The second-order valence-electron chi connectivity index (χ2n) is 3.17. The van der Waals surface area contributed by atoms with Crippen molar-refractivity contribution in [2.45, 2.75) is 12.3 Å². The number of halogens is 1. The number of nitrogens with zero attached hydrogens (tertiary/aromatic N) is 2. The summed E-state index contributed by atoms with van der Waals surface area (Å²) in [7, 11) is 0. The number of nitro benzene ring substituents is 1. The number of benzene rings is 1. The van der Waals surface area contributed by atoms with Crippen LogP contribution in [0.5, 0.6) is 0 Å². The van der Waals surface area contributed by atoms with Crippen LogP contribution < -0.4 is 0 Å². The molecule has 1 rings (SSSR count). The molecule has 0 aromatic heterocycles. The van der Waals surface area contributed by atoms with E-state index >= 15 is 0 Å². The summed E-state index contributed by atoms with van der Waals surface area (Å²) >= 11 is 5.60. The van der Waals surface area contributed by atoms with Crippen molar-refractivity contribution in [3.05, 3.63) is 38.9 Å². The van der Waals surface area contributed by atoms with Gasteiger partial charge in [0, 0.05) is 11.9 Å². The van der Waals surface area contributed by atoms with Gasteiger partial charge in [0.1, 0.15) is 11.6 Å². The molecule has 0 saturated carbocycles. The van der Waals surface area contributed by atoms with Gasteiger partial charge in [0.2, 0.25) is 0 Å². The standard InChI is InChI=1S/C10H7ClN2O4/c11-4-6-1-2-9(13(16)17)8(5-12)7(6)3-10(14)15/h1-2H,3-4H2,(H,14,15). The minimum atomic E-state index is -1.17. The molecule has 6 nitrogen and oxygen atoms in total. The first kappa shape index (κ1) is 12.9. The Hall–Kier alpha value is -2.13. The maximum Gasteiger partial charge on any atom is 0.307 e. The summed E-state index contributed by atoms with van der Waals surface area (Å²) < 4.78 is 0. The minimum absolute atomic E-state index is 0.00467. The average molecular weight is 255 g/mol. The van der Waals surface area contributed by atoms with Crippen molar-refractivity contribution in [2.24, 2.45) is 0 Å². The van der Waals surface area contributed by atoms with Gasteiger partial charge in [-0.3, -0.25) is 14.9 Å². The zero-order valence-electron chi connectivity index (χ0n) is 8.51. The lowest BCUT2D eigenvalue weighted by Gasteiger charge is -2.07. The first-order valence-electron chi connectivity index (χ1n) is 4.48. The highest BCUT2D eigenvalue weighted by atomic mass is 35.5. The van der Waals surface area contributed by atoms with Crippen molar-refractivity contribution in [3.63, 3.8) is 0 Å². The smallest absolute Gasteiger partial charge is 0.307 e. The van der Waals surface area contributed by atoms with Crippen LogP contribution in [0.4, 0.5) is 5.69 Å². The first-order chi connectivity index (χ1) is 8.01. The molecule has 17 heavy (non-hydrogen) atoms. The molecule has 0 aliphatic carbocycles. The van der Waals surface area contributed by atoms with Crippen LogP contribution in [-0.2, 0) is 17.1 Å². The number of aliphatic carboxylic acids is 1. The van der Waals surface area contributed by atoms with Gasteiger partial charge in [0.05, 0.1) is 11.3 Å². The van der Waals surface area contributed by atoms with Gasteiger partial charge in [-0.15, -0.1) is 11.6 Å². The maximum absolute atomic E-state index is 10.7. The lowest BCUT2D eigenvalue weighted by Crippen LogP contribution is -2.07. The topological polar surface area (TPSA) is 104 Å². The Morgan fingerprint density at radius 2 is 2.24 bits per heavy atom. The number of rotatable bonds is 4. The number of hydrogen-bond acceptors (Lipinski definition) is 4. The van der Waals surface area contributed by atoms with E-state index in [1.807, 2.05) is 0 Å². The highest BCUT2D eigenvalue weighted by Crippen LogP contribution is 2.26. The maximum atomic E-state index is 10.7. The van der Waals surface area contributed by atoms with Gasteiger partial charge in [-0.1, -0.05) is 6.07 Å². The monoisotopic (exact) mass is 254 g/mol. The van der Waals surface area contributed by atoms with Gasteiger partial charge >= 0.3 is 5.97 Å².